The van der Waals surface area contributed by atoms with Crippen LogP contribution in [-0.2, 0) is 23.7 Å². The van der Waals surface area contributed by atoms with Gasteiger partial charge in [0, 0.05) is 6.61 Å². The molecule has 6 heteroatoms. The van der Waals surface area contributed by atoms with Gasteiger partial charge in [0.25, 0.3) is 0 Å². The van der Waals surface area contributed by atoms with E-state index in [0.29, 0.717) is 26.4 Å². The van der Waals surface area contributed by atoms with Crippen molar-refractivity contribution in [1.82, 2.24) is 0 Å². The fourth-order valence-corrected chi connectivity index (χ4v) is 4.12. The van der Waals surface area contributed by atoms with Crippen LogP contribution in [0.15, 0.2) is 0 Å². The number of Topliss-reactive ketones (excluding diaryl/α,β-unsaturated/α-hetero) is 1. The number of carbonyl (C=O) groups excluding carboxylic acids is 1. The molecule has 0 rings (SSSR count). The van der Waals surface area contributed by atoms with Crippen LogP contribution in [0.4, 0.5) is 0 Å². The van der Waals surface area contributed by atoms with Gasteiger partial charge in [-0.05, 0) is 13.3 Å². The molecule has 0 saturated carbocycles. The average molecular weight is 531 g/mol. The number of carbonyl (C=O) groups is 1. The molecule has 0 aromatic carbocycles. The lowest BCUT2D eigenvalue weighted by atomic mass is 10.0. The molecule has 222 valence electrons. The molecule has 0 aromatic heterocycles. The van der Waals surface area contributed by atoms with Gasteiger partial charge in [0.05, 0.1) is 54.2 Å². The number of rotatable bonds is 30. The second-order valence-electron chi connectivity index (χ2n) is 11.7. The largest absolute Gasteiger partial charge is 0.379 e. The van der Waals surface area contributed by atoms with E-state index in [1.165, 1.54) is 103 Å². The summed E-state index contributed by atoms with van der Waals surface area (Å²) in [4.78, 5) is 11.3. The number of hydrogen-bond donors (Lipinski definition) is 0. The van der Waals surface area contributed by atoms with Crippen molar-refractivity contribution in [3.8, 4) is 0 Å². The van der Waals surface area contributed by atoms with Gasteiger partial charge in [-0.2, -0.15) is 0 Å². The fraction of sp³-hybridized carbons (Fsp3) is 0.968. The van der Waals surface area contributed by atoms with Crippen LogP contribution in [0.2, 0.25) is 0 Å². The van der Waals surface area contributed by atoms with E-state index in [0.717, 1.165) is 30.7 Å². The van der Waals surface area contributed by atoms with Gasteiger partial charge in [0.2, 0.25) is 0 Å². The molecule has 0 saturated heterocycles. The number of ether oxygens (including phenoxy) is 4. The van der Waals surface area contributed by atoms with Crippen LogP contribution < -0.4 is 0 Å². The topological polar surface area (TPSA) is 54.0 Å². The first-order valence-corrected chi connectivity index (χ1v) is 15.5. The number of ketones is 1. The summed E-state index contributed by atoms with van der Waals surface area (Å²) in [7, 11) is 6.45. The predicted molar refractivity (Wildman–Crippen MR) is 155 cm³/mol. The van der Waals surface area contributed by atoms with E-state index in [-0.39, 0.29) is 18.5 Å². The number of unbranched alkanes of at least 4 members (excludes halogenated alkanes) is 15. The lowest BCUT2D eigenvalue weighted by Crippen LogP contribution is -2.37. The number of hydrogen-bond acceptors (Lipinski definition) is 5. The van der Waals surface area contributed by atoms with Crippen molar-refractivity contribution >= 4 is 5.78 Å². The number of nitrogens with zero attached hydrogens (tertiary/aromatic N) is 1. The van der Waals surface area contributed by atoms with Gasteiger partial charge in [-0.25, -0.2) is 0 Å². The van der Waals surface area contributed by atoms with Crippen LogP contribution in [0.25, 0.3) is 0 Å². The first-order valence-electron chi connectivity index (χ1n) is 15.5. The van der Waals surface area contributed by atoms with Gasteiger partial charge in [-0.3, -0.25) is 4.79 Å². The molecular weight excluding hydrogens is 466 g/mol. The molecule has 37 heavy (non-hydrogen) atoms. The van der Waals surface area contributed by atoms with E-state index >= 15 is 0 Å². The number of likely N-dealkylation sites (N-methyl/N-ethyl adjacent to an activating group) is 1. The van der Waals surface area contributed by atoms with Crippen molar-refractivity contribution in [3.63, 3.8) is 0 Å². The quantitative estimate of drug-likeness (QED) is 0.0741. The third-order valence-electron chi connectivity index (χ3n) is 6.55. The highest BCUT2D eigenvalue weighted by Crippen LogP contribution is 2.13. The lowest BCUT2D eigenvalue weighted by Gasteiger charge is -2.23. The summed E-state index contributed by atoms with van der Waals surface area (Å²) in [5.41, 5.74) is 0. The highest BCUT2D eigenvalue weighted by Gasteiger charge is 2.12. The maximum Gasteiger partial charge on any atom is 0.155 e. The summed E-state index contributed by atoms with van der Waals surface area (Å²) >= 11 is 0. The summed E-state index contributed by atoms with van der Waals surface area (Å²) in [5, 5.41) is 0. The minimum atomic E-state index is -0.212. The van der Waals surface area contributed by atoms with Crippen LogP contribution in [0.5, 0.6) is 0 Å². The van der Waals surface area contributed by atoms with Crippen molar-refractivity contribution in [2.45, 2.75) is 123 Å². The van der Waals surface area contributed by atoms with E-state index in [1.807, 2.05) is 0 Å². The molecular formula is C31H64NO5+. The molecule has 0 aliphatic rings. The lowest BCUT2D eigenvalue weighted by molar-refractivity contribution is -0.870. The average Bonchev–Trinajstić information content (AvgIpc) is 2.84. The summed E-state index contributed by atoms with van der Waals surface area (Å²) in [5.74, 6) is 0.0199. The van der Waals surface area contributed by atoms with Crippen LogP contribution in [0, 0.1) is 0 Å². The first kappa shape index (κ1) is 36.5. The van der Waals surface area contributed by atoms with Gasteiger partial charge in [0.1, 0.15) is 19.3 Å². The highest BCUT2D eigenvalue weighted by atomic mass is 16.6. The Morgan fingerprint density at radius 3 is 1.49 bits per heavy atom. The molecule has 0 spiro atoms. The molecule has 0 aromatic rings. The summed E-state index contributed by atoms with van der Waals surface area (Å²) < 4.78 is 23.7. The molecule has 1 atom stereocenters. The third kappa shape index (κ3) is 31.6. The van der Waals surface area contributed by atoms with Crippen LogP contribution in [-0.4, -0.2) is 90.3 Å². The maximum atomic E-state index is 11.3. The van der Waals surface area contributed by atoms with Gasteiger partial charge in [-0.15, -0.1) is 0 Å². The van der Waals surface area contributed by atoms with E-state index in [4.69, 9.17) is 18.9 Å². The Hall–Kier alpha value is -0.530. The Labute approximate surface area is 230 Å². The summed E-state index contributed by atoms with van der Waals surface area (Å²) in [6, 6.07) is 0. The Morgan fingerprint density at radius 1 is 0.595 bits per heavy atom. The summed E-state index contributed by atoms with van der Waals surface area (Å²) in [6.07, 6.45) is 21.7. The Morgan fingerprint density at radius 2 is 1.03 bits per heavy atom. The zero-order chi connectivity index (χ0) is 27.5. The molecule has 1 unspecified atom stereocenters. The van der Waals surface area contributed by atoms with Gasteiger partial charge in [-0.1, -0.05) is 103 Å². The minimum Gasteiger partial charge on any atom is -0.379 e. The predicted octanol–water partition coefficient (Wildman–Crippen LogP) is 6.98. The molecule has 0 aliphatic carbocycles. The van der Waals surface area contributed by atoms with Gasteiger partial charge >= 0.3 is 0 Å². The van der Waals surface area contributed by atoms with Crippen LogP contribution in [0.1, 0.15) is 117 Å². The zero-order valence-corrected chi connectivity index (χ0v) is 25.5. The van der Waals surface area contributed by atoms with Crippen LogP contribution >= 0.6 is 0 Å². The molecule has 0 aliphatic heterocycles. The molecule has 0 bridgehead atoms. The first-order chi connectivity index (χ1) is 17.8. The van der Waals surface area contributed by atoms with E-state index < -0.39 is 0 Å². The van der Waals surface area contributed by atoms with E-state index in [1.54, 1.807) is 0 Å². The second kappa shape index (κ2) is 27.1. The smallest absolute Gasteiger partial charge is 0.155 e. The van der Waals surface area contributed by atoms with Crippen molar-refractivity contribution in [2.24, 2.45) is 0 Å². The third-order valence-corrected chi connectivity index (χ3v) is 6.55. The summed E-state index contributed by atoms with van der Waals surface area (Å²) in [6.45, 7) is 8.35. The van der Waals surface area contributed by atoms with Crippen molar-refractivity contribution in [1.29, 1.82) is 0 Å². The van der Waals surface area contributed by atoms with Crippen molar-refractivity contribution in [3.05, 3.63) is 0 Å². The van der Waals surface area contributed by atoms with Crippen molar-refractivity contribution in [2.75, 3.05) is 73.9 Å². The Balaban J connectivity index is 3.56. The van der Waals surface area contributed by atoms with Gasteiger partial charge < -0.3 is 23.4 Å². The maximum absolute atomic E-state index is 11.3. The normalized spacial score (nSPS) is 12.8. The Bertz CT molecular complexity index is 481. The molecule has 0 N–H and O–H groups in total. The van der Waals surface area contributed by atoms with E-state index in [2.05, 4.69) is 28.1 Å². The van der Waals surface area contributed by atoms with Gasteiger partial charge in [0.15, 0.2) is 5.78 Å². The molecule has 0 fully saturated rings. The highest BCUT2D eigenvalue weighted by molar-refractivity contribution is 5.76. The minimum absolute atomic E-state index is 0.0199. The fourth-order valence-electron chi connectivity index (χ4n) is 4.12. The number of quaternary nitrogens is 1. The molecule has 0 heterocycles. The zero-order valence-electron chi connectivity index (χ0n) is 25.5. The SMILES string of the molecule is CCCCCCCCCCCCCCCCCCOCC(COCCOCC[N+](C)(C)C)OCC(C)=O. The molecule has 6 nitrogen and oxygen atoms in total. The van der Waals surface area contributed by atoms with Crippen molar-refractivity contribution < 1.29 is 28.2 Å². The molecule has 0 amide bonds. The van der Waals surface area contributed by atoms with E-state index in [9.17, 15) is 4.79 Å². The van der Waals surface area contributed by atoms with Crippen LogP contribution in [0.3, 0.4) is 0 Å². The second-order valence-corrected chi connectivity index (χ2v) is 11.7. The standard InChI is InChI=1S/C31H64NO5/c1-6-7-8-9-10-11-12-13-14-15-16-17-18-19-20-21-23-35-28-31(37-27-30(2)33)29-36-26-25-34-24-22-32(3,4)5/h31H,6-29H2,1-5H3/q+1. The monoisotopic (exact) mass is 530 g/mol. The molecule has 0 radical (unpaired) electrons. The Kier molecular flexibility index (Phi) is 26.7.